The first-order valence-electron chi connectivity index (χ1n) is 9.61. The highest BCUT2D eigenvalue weighted by Crippen LogP contribution is 2.26. The molecule has 1 amide bonds. The third kappa shape index (κ3) is 4.84. The van der Waals surface area contributed by atoms with E-state index in [9.17, 15) is 18.8 Å². The molecule has 1 aromatic carbocycles. The minimum absolute atomic E-state index is 0.0168. The van der Waals surface area contributed by atoms with Gasteiger partial charge in [0.2, 0.25) is 5.91 Å². The third-order valence-electron chi connectivity index (χ3n) is 4.68. The molecule has 0 atom stereocenters. The van der Waals surface area contributed by atoms with E-state index in [-0.39, 0.29) is 35.1 Å². The zero-order valence-corrected chi connectivity index (χ0v) is 18.8. The predicted molar refractivity (Wildman–Crippen MR) is 118 cm³/mol. The summed E-state index contributed by atoms with van der Waals surface area (Å²) in [5.41, 5.74) is -0.406. The quantitative estimate of drug-likeness (QED) is 0.476. The number of amides is 1. The molecule has 0 saturated carbocycles. The Morgan fingerprint density at radius 2 is 1.74 bits per heavy atom. The van der Waals surface area contributed by atoms with Crippen LogP contribution in [0.2, 0.25) is 0 Å². The van der Waals surface area contributed by atoms with Gasteiger partial charge in [0, 0.05) is 26.1 Å². The Balaban J connectivity index is 1.91. The standard InChI is InChI=1S/C21H24FN5O3S/c1-21(2,3)19-24-16-15(18(29)27(5)20(30)26(16)4)17(25-19)31-11-14(28)23-10-12-6-8-13(22)9-7-12/h6-9H,10-11H2,1-5H3,(H,23,28). The van der Waals surface area contributed by atoms with Gasteiger partial charge in [-0.3, -0.25) is 18.7 Å². The number of fused-ring (bicyclic) bond motifs is 1. The van der Waals surface area contributed by atoms with Crippen LogP contribution in [0, 0.1) is 5.82 Å². The number of halogens is 1. The lowest BCUT2D eigenvalue weighted by Crippen LogP contribution is -2.38. The van der Waals surface area contributed by atoms with Crippen LogP contribution in [0.15, 0.2) is 38.9 Å². The van der Waals surface area contributed by atoms with Crippen LogP contribution in [0.1, 0.15) is 32.2 Å². The average molecular weight is 446 g/mol. The Hall–Kier alpha value is -3.01. The van der Waals surface area contributed by atoms with E-state index in [1.54, 1.807) is 19.2 Å². The van der Waals surface area contributed by atoms with Crippen molar-refractivity contribution in [3.63, 3.8) is 0 Å². The van der Waals surface area contributed by atoms with Crippen molar-refractivity contribution in [3.8, 4) is 0 Å². The molecule has 0 aliphatic carbocycles. The van der Waals surface area contributed by atoms with E-state index in [1.807, 2.05) is 20.8 Å². The maximum Gasteiger partial charge on any atom is 0.332 e. The van der Waals surface area contributed by atoms with Gasteiger partial charge in [0.15, 0.2) is 5.65 Å². The molecule has 164 valence electrons. The highest BCUT2D eigenvalue weighted by atomic mass is 32.2. The molecular weight excluding hydrogens is 421 g/mol. The molecule has 0 aliphatic heterocycles. The maximum absolute atomic E-state index is 13.0. The van der Waals surface area contributed by atoms with E-state index in [2.05, 4.69) is 15.3 Å². The van der Waals surface area contributed by atoms with Gasteiger partial charge >= 0.3 is 5.69 Å². The fourth-order valence-corrected chi connectivity index (χ4v) is 3.70. The number of aromatic nitrogens is 4. The monoisotopic (exact) mass is 445 g/mol. The highest BCUT2D eigenvalue weighted by Gasteiger charge is 2.24. The molecule has 0 aliphatic rings. The number of aryl methyl sites for hydroxylation is 1. The minimum atomic E-state index is -0.507. The van der Waals surface area contributed by atoms with Gasteiger partial charge in [-0.2, -0.15) is 0 Å². The van der Waals surface area contributed by atoms with Crippen LogP contribution >= 0.6 is 11.8 Å². The summed E-state index contributed by atoms with van der Waals surface area (Å²) in [5.74, 6) is -0.118. The van der Waals surface area contributed by atoms with Crippen LogP contribution in [-0.4, -0.2) is 30.8 Å². The van der Waals surface area contributed by atoms with Crippen LogP contribution in [0.25, 0.3) is 11.0 Å². The van der Waals surface area contributed by atoms with Gasteiger partial charge in [0.1, 0.15) is 22.1 Å². The van der Waals surface area contributed by atoms with Crippen molar-refractivity contribution in [3.05, 3.63) is 62.3 Å². The number of nitrogens with zero attached hydrogens (tertiary/aromatic N) is 4. The molecule has 0 spiro atoms. The maximum atomic E-state index is 13.0. The summed E-state index contributed by atoms with van der Waals surface area (Å²) >= 11 is 1.11. The molecule has 10 heteroatoms. The van der Waals surface area contributed by atoms with E-state index in [4.69, 9.17) is 0 Å². The van der Waals surface area contributed by atoms with Crippen molar-refractivity contribution in [1.82, 2.24) is 24.4 Å². The van der Waals surface area contributed by atoms with Gasteiger partial charge in [-0.25, -0.2) is 19.2 Å². The average Bonchev–Trinajstić information content (AvgIpc) is 2.73. The Bertz CT molecular complexity index is 1260. The summed E-state index contributed by atoms with van der Waals surface area (Å²) in [6, 6.07) is 5.86. The lowest BCUT2D eigenvalue weighted by atomic mass is 9.96. The van der Waals surface area contributed by atoms with Gasteiger partial charge in [-0.05, 0) is 17.7 Å². The van der Waals surface area contributed by atoms with Crippen LogP contribution in [-0.2, 0) is 30.8 Å². The normalized spacial score (nSPS) is 11.7. The third-order valence-corrected chi connectivity index (χ3v) is 5.66. The van der Waals surface area contributed by atoms with Gasteiger partial charge < -0.3 is 5.32 Å². The summed E-state index contributed by atoms with van der Waals surface area (Å²) in [7, 11) is 2.94. The number of carbonyl (C=O) groups is 1. The van der Waals surface area contributed by atoms with Crippen molar-refractivity contribution in [2.45, 2.75) is 37.8 Å². The van der Waals surface area contributed by atoms with Gasteiger partial charge in [-0.15, -0.1) is 0 Å². The fraction of sp³-hybridized carbons (Fsp3) is 0.381. The van der Waals surface area contributed by atoms with Gasteiger partial charge in [-0.1, -0.05) is 44.7 Å². The van der Waals surface area contributed by atoms with Crippen molar-refractivity contribution < 1.29 is 9.18 Å². The number of nitrogens with one attached hydrogen (secondary N) is 1. The largest absolute Gasteiger partial charge is 0.351 e. The predicted octanol–water partition coefficient (Wildman–Crippen LogP) is 1.87. The second kappa shape index (κ2) is 8.62. The van der Waals surface area contributed by atoms with Crippen molar-refractivity contribution in [2.24, 2.45) is 14.1 Å². The van der Waals surface area contributed by atoms with E-state index < -0.39 is 16.7 Å². The summed E-state index contributed by atoms with van der Waals surface area (Å²) in [4.78, 5) is 46.5. The van der Waals surface area contributed by atoms with E-state index in [0.717, 1.165) is 21.9 Å². The van der Waals surface area contributed by atoms with Crippen LogP contribution in [0.3, 0.4) is 0 Å². The number of benzene rings is 1. The van der Waals surface area contributed by atoms with Crippen molar-refractivity contribution in [2.75, 3.05) is 5.75 Å². The summed E-state index contributed by atoms with van der Waals surface area (Å²) < 4.78 is 15.3. The minimum Gasteiger partial charge on any atom is -0.351 e. The van der Waals surface area contributed by atoms with Gasteiger partial charge in [0.25, 0.3) is 5.56 Å². The molecular formula is C21H24FN5O3S. The first-order chi connectivity index (χ1) is 14.5. The summed E-state index contributed by atoms with van der Waals surface area (Å²) in [6.07, 6.45) is 0. The molecule has 0 radical (unpaired) electrons. The zero-order chi connectivity index (χ0) is 22.9. The topological polar surface area (TPSA) is 98.9 Å². The SMILES string of the molecule is Cn1c(=O)c2c(SCC(=O)NCc3ccc(F)cc3)nc(C(C)(C)C)nc2n(C)c1=O. The molecule has 8 nitrogen and oxygen atoms in total. The molecule has 0 unspecified atom stereocenters. The number of carbonyl (C=O) groups excluding carboxylic acids is 1. The Labute approximate surface area is 182 Å². The van der Waals surface area contributed by atoms with Crippen LogP contribution < -0.4 is 16.6 Å². The number of rotatable bonds is 5. The summed E-state index contributed by atoms with van der Waals surface area (Å²) in [5, 5.41) is 3.32. The van der Waals surface area contributed by atoms with Crippen LogP contribution in [0.5, 0.6) is 0 Å². The van der Waals surface area contributed by atoms with Crippen molar-refractivity contribution in [1.29, 1.82) is 0 Å². The van der Waals surface area contributed by atoms with Crippen LogP contribution in [0.4, 0.5) is 4.39 Å². The first-order valence-corrected chi connectivity index (χ1v) is 10.6. The molecule has 0 saturated heterocycles. The molecule has 2 heterocycles. The Morgan fingerprint density at radius 3 is 2.35 bits per heavy atom. The Morgan fingerprint density at radius 1 is 1.10 bits per heavy atom. The molecule has 31 heavy (non-hydrogen) atoms. The fourth-order valence-electron chi connectivity index (χ4n) is 2.86. The van der Waals surface area contributed by atoms with Crippen molar-refractivity contribution >= 4 is 28.7 Å². The number of thioether (sulfide) groups is 1. The lowest BCUT2D eigenvalue weighted by Gasteiger charge is -2.19. The second-order valence-corrected chi connectivity index (χ2v) is 9.16. The Kier molecular flexibility index (Phi) is 6.30. The zero-order valence-electron chi connectivity index (χ0n) is 18.0. The smallest absolute Gasteiger partial charge is 0.332 e. The molecule has 3 aromatic rings. The second-order valence-electron chi connectivity index (χ2n) is 8.20. The molecule has 1 N–H and O–H groups in total. The van der Waals surface area contributed by atoms with E-state index in [1.165, 1.54) is 23.7 Å². The molecule has 2 aromatic heterocycles. The number of hydrogen-bond acceptors (Lipinski definition) is 6. The lowest BCUT2D eigenvalue weighted by molar-refractivity contribution is -0.118. The van der Waals surface area contributed by atoms with E-state index in [0.29, 0.717) is 10.9 Å². The highest BCUT2D eigenvalue weighted by molar-refractivity contribution is 8.00. The first kappa shape index (κ1) is 22.7. The number of hydrogen-bond donors (Lipinski definition) is 1. The molecule has 3 rings (SSSR count). The molecule has 0 fully saturated rings. The summed E-state index contributed by atoms with van der Waals surface area (Å²) in [6.45, 7) is 6.04. The van der Waals surface area contributed by atoms with Gasteiger partial charge in [0.05, 0.1) is 5.75 Å². The van der Waals surface area contributed by atoms with E-state index >= 15 is 0 Å². The molecule has 0 bridgehead atoms.